The van der Waals surface area contributed by atoms with Crippen LogP contribution in [0.4, 0.5) is 0 Å². The lowest BCUT2D eigenvalue weighted by atomic mass is 9.93. The average molecular weight is 270 g/mol. The van der Waals surface area contributed by atoms with Gasteiger partial charge in [0.1, 0.15) is 0 Å². The summed E-state index contributed by atoms with van der Waals surface area (Å²) in [7, 11) is 0. The van der Waals surface area contributed by atoms with Crippen molar-refractivity contribution in [3.8, 4) is 0 Å². The molecule has 1 aromatic heterocycles. The highest BCUT2D eigenvalue weighted by atomic mass is 16.2. The van der Waals surface area contributed by atoms with Gasteiger partial charge in [0.15, 0.2) is 0 Å². The highest BCUT2D eigenvalue weighted by Crippen LogP contribution is 2.32. The van der Waals surface area contributed by atoms with E-state index in [2.05, 4.69) is 28.1 Å². The summed E-state index contributed by atoms with van der Waals surface area (Å²) in [6.45, 7) is 1.61. The monoisotopic (exact) mass is 270 g/mol. The van der Waals surface area contributed by atoms with Crippen molar-refractivity contribution in [3.63, 3.8) is 0 Å². The van der Waals surface area contributed by atoms with Crippen LogP contribution in [0.2, 0.25) is 0 Å². The second kappa shape index (κ2) is 6.21. The Kier molecular flexibility index (Phi) is 4.14. The number of hydrogen-bond acceptors (Lipinski definition) is 2. The van der Waals surface area contributed by atoms with E-state index >= 15 is 0 Å². The zero-order valence-corrected chi connectivity index (χ0v) is 11.9. The summed E-state index contributed by atoms with van der Waals surface area (Å²) < 4.78 is 0. The van der Waals surface area contributed by atoms with E-state index in [1.807, 2.05) is 12.3 Å². The number of amides is 1. The number of allylic oxidation sites excluding steroid dienone is 2. The Labute approximate surface area is 120 Å². The molecule has 3 rings (SSSR count). The van der Waals surface area contributed by atoms with Gasteiger partial charge in [0.05, 0.1) is 0 Å². The van der Waals surface area contributed by atoms with Gasteiger partial charge in [-0.15, -0.1) is 0 Å². The third kappa shape index (κ3) is 3.47. The van der Waals surface area contributed by atoms with Crippen molar-refractivity contribution in [2.45, 2.75) is 38.6 Å². The molecule has 0 saturated heterocycles. The number of nitrogens with zero attached hydrogens (tertiary/aromatic N) is 2. The van der Waals surface area contributed by atoms with Crippen LogP contribution in [0.25, 0.3) is 0 Å². The van der Waals surface area contributed by atoms with Gasteiger partial charge in [0.2, 0.25) is 5.91 Å². The van der Waals surface area contributed by atoms with Crippen LogP contribution in [-0.4, -0.2) is 22.3 Å². The molecular formula is C17H22N2O. The second-order valence-corrected chi connectivity index (χ2v) is 6.00. The lowest BCUT2D eigenvalue weighted by molar-refractivity contribution is -0.133. The van der Waals surface area contributed by atoms with Gasteiger partial charge in [-0.05, 0) is 49.7 Å². The minimum atomic E-state index is 0.297. The Bertz CT molecular complexity index is 479. The summed E-state index contributed by atoms with van der Waals surface area (Å²) in [4.78, 5) is 18.7. The van der Waals surface area contributed by atoms with Gasteiger partial charge in [-0.2, -0.15) is 0 Å². The molecule has 1 heterocycles. The first-order valence-electron chi connectivity index (χ1n) is 7.65. The molecule has 20 heavy (non-hydrogen) atoms. The zero-order valence-electron chi connectivity index (χ0n) is 11.9. The first kappa shape index (κ1) is 13.3. The number of carbonyl (C=O) groups excluding carboxylic acids is 1. The van der Waals surface area contributed by atoms with Crippen molar-refractivity contribution in [1.29, 1.82) is 0 Å². The minimum absolute atomic E-state index is 0.297. The van der Waals surface area contributed by atoms with Crippen molar-refractivity contribution in [1.82, 2.24) is 9.88 Å². The average Bonchev–Trinajstić information content (AvgIpc) is 3.33. The lowest BCUT2D eigenvalue weighted by Gasteiger charge is -2.28. The van der Waals surface area contributed by atoms with Gasteiger partial charge in [-0.3, -0.25) is 9.78 Å². The second-order valence-electron chi connectivity index (χ2n) is 6.00. The van der Waals surface area contributed by atoms with Crippen LogP contribution in [-0.2, 0) is 11.3 Å². The van der Waals surface area contributed by atoms with Crippen LogP contribution < -0.4 is 0 Å². The fourth-order valence-corrected chi connectivity index (χ4v) is 2.87. The van der Waals surface area contributed by atoms with Crippen LogP contribution in [0, 0.1) is 11.8 Å². The van der Waals surface area contributed by atoms with Gasteiger partial charge in [-0.25, -0.2) is 0 Å². The smallest absolute Gasteiger partial charge is 0.225 e. The fraction of sp³-hybridized carbons (Fsp3) is 0.529. The minimum Gasteiger partial charge on any atom is -0.338 e. The van der Waals surface area contributed by atoms with E-state index in [1.54, 1.807) is 6.20 Å². The molecule has 3 nitrogen and oxygen atoms in total. The standard InChI is InChI=1S/C17H22N2O/c20-17(16-8-9-16)19(12-14-5-2-1-3-6-14)13-15-7-4-10-18-11-15/h1-2,4,7,10-11,14,16H,3,5-6,8-9,12-13H2. The zero-order chi connectivity index (χ0) is 13.8. The maximum absolute atomic E-state index is 12.5. The normalized spacial score (nSPS) is 21.7. The molecule has 0 aromatic carbocycles. The lowest BCUT2D eigenvalue weighted by Crippen LogP contribution is -2.36. The third-order valence-corrected chi connectivity index (χ3v) is 4.19. The summed E-state index contributed by atoms with van der Waals surface area (Å²) in [5.41, 5.74) is 1.13. The molecule has 0 bridgehead atoms. The van der Waals surface area contributed by atoms with E-state index in [4.69, 9.17) is 0 Å². The SMILES string of the molecule is O=C(C1CC1)N(Cc1cccnc1)CC1CC=CCC1. The van der Waals surface area contributed by atoms with Crippen LogP contribution in [0.15, 0.2) is 36.7 Å². The Morgan fingerprint density at radius 2 is 2.20 bits per heavy atom. The molecule has 0 radical (unpaired) electrons. The number of rotatable bonds is 5. The summed E-state index contributed by atoms with van der Waals surface area (Å²) in [6.07, 6.45) is 13.8. The molecule has 0 N–H and O–H groups in total. The first-order chi connectivity index (χ1) is 9.83. The number of hydrogen-bond donors (Lipinski definition) is 0. The Balaban J connectivity index is 1.66. The van der Waals surface area contributed by atoms with E-state index in [1.165, 1.54) is 6.42 Å². The molecule has 1 saturated carbocycles. The summed E-state index contributed by atoms with van der Waals surface area (Å²) >= 11 is 0. The molecule has 106 valence electrons. The predicted octanol–water partition coefficient (Wildman–Crippen LogP) is 3.18. The molecule has 1 fully saturated rings. The summed E-state index contributed by atoms with van der Waals surface area (Å²) in [5.74, 6) is 1.27. The van der Waals surface area contributed by atoms with E-state index in [0.717, 1.165) is 37.8 Å². The highest BCUT2D eigenvalue weighted by molar-refractivity contribution is 5.81. The van der Waals surface area contributed by atoms with Crippen molar-refractivity contribution in [3.05, 3.63) is 42.2 Å². The molecule has 1 atom stereocenters. The van der Waals surface area contributed by atoms with E-state index in [9.17, 15) is 4.79 Å². The van der Waals surface area contributed by atoms with Crippen molar-refractivity contribution in [2.75, 3.05) is 6.54 Å². The molecule has 0 spiro atoms. The Morgan fingerprint density at radius 1 is 1.30 bits per heavy atom. The summed E-state index contributed by atoms with van der Waals surface area (Å²) in [6, 6.07) is 4.00. The van der Waals surface area contributed by atoms with Crippen LogP contribution in [0.5, 0.6) is 0 Å². The van der Waals surface area contributed by atoms with E-state index < -0.39 is 0 Å². The molecule has 3 heteroatoms. The van der Waals surface area contributed by atoms with Gasteiger partial charge < -0.3 is 4.90 Å². The third-order valence-electron chi connectivity index (χ3n) is 4.19. The Hall–Kier alpha value is -1.64. The van der Waals surface area contributed by atoms with Crippen LogP contribution in [0.3, 0.4) is 0 Å². The quantitative estimate of drug-likeness (QED) is 0.770. The van der Waals surface area contributed by atoms with Gasteiger partial charge in [-0.1, -0.05) is 18.2 Å². The molecule has 2 aliphatic rings. The predicted molar refractivity (Wildman–Crippen MR) is 78.9 cm³/mol. The molecule has 1 aromatic rings. The van der Waals surface area contributed by atoms with Gasteiger partial charge in [0, 0.05) is 31.4 Å². The fourth-order valence-electron chi connectivity index (χ4n) is 2.87. The largest absolute Gasteiger partial charge is 0.338 e. The maximum Gasteiger partial charge on any atom is 0.225 e. The van der Waals surface area contributed by atoms with Crippen LogP contribution in [0.1, 0.15) is 37.7 Å². The molecular weight excluding hydrogens is 248 g/mol. The number of aromatic nitrogens is 1. The van der Waals surface area contributed by atoms with Crippen molar-refractivity contribution >= 4 is 5.91 Å². The number of pyridine rings is 1. The molecule has 1 amide bonds. The maximum atomic E-state index is 12.5. The summed E-state index contributed by atoms with van der Waals surface area (Å²) in [5, 5.41) is 0. The van der Waals surface area contributed by atoms with Crippen LogP contribution >= 0.6 is 0 Å². The van der Waals surface area contributed by atoms with E-state index in [-0.39, 0.29) is 0 Å². The van der Waals surface area contributed by atoms with Crippen molar-refractivity contribution in [2.24, 2.45) is 11.8 Å². The van der Waals surface area contributed by atoms with Gasteiger partial charge >= 0.3 is 0 Å². The molecule has 0 aliphatic heterocycles. The first-order valence-corrected chi connectivity index (χ1v) is 7.65. The Morgan fingerprint density at radius 3 is 2.85 bits per heavy atom. The van der Waals surface area contributed by atoms with E-state index in [0.29, 0.717) is 24.3 Å². The molecule has 2 aliphatic carbocycles. The van der Waals surface area contributed by atoms with Crippen molar-refractivity contribution < 1.29 is 4.79 Å². The highest BCUT2D eigenvalue weighted by Gasteiger charge is 2.34. The molecule has 1 unspecified atom stereocenters. The number of carbonyl (C=O) groups is 1. The van der Waals surface area contributed by atoms with Gasteiger partial charge in [0.25, 0.3) is 0 Å². The topological polar surface area (TPSA) is 33.2 Å².